The predicted octanol–water partition coefficient (Wildman–Crippen LogP) is -0.374. The molecule has 222 valence electrons. The second-order valence-electron chi connectivity index (χ2n) is 10.2. The van der Waals surface area contributed by atoms with Crippen LogP contribution in [0, 0.1) is 6.92 Å². The molecule has 40 heavy (non-hydrogen) atoms. The van der Waals surface area contributed by atoms with E-state index in [1.165, 1.54) is 11.8 Å². The van der Waals surface area contributed by atoms with Gasteiger partial charge in [0.05, 0.1) is 13.2 Å². The van der Waals surface area contributed by atoms with Crippen LogP contribution in [0.5, 0.6) is 5.75 Å². The summed E-state index contributed by atoms with van der Waals surface area (Å²) >= 11 is 1.32. The van der Waals surface area contributed by atoms with E-state index < -0.39 is 47.8 Å². The van der Waals surface area contributed by atoms with Crippen LogP contribution in [0.3, 0.4) is 0 Å². The summed E-state index contributed by atoms with van der Waals surface area (Å²) in [4.78, 5) is 51.4. The summed E-state index contributed by atoms with van der Waals surface area (Å²) in [6.45, 7) is 5.99. The number of rotatable bonds is 16. The normalized spacial score (nSPS) is 14.6. The average molecular weight is 582 g/mol. The number of aromatic hydroxyl groups is 1. The monoisotopic (exact) mass is 581 g/mol. The van der Waals surface area contributed by atoms with Crippen molar-refractivity contribution < 1.29 is 39.6 Å². The fraction of sp³-hybridized carbons (Fsp3) is 0.577. The summed E-state index contributed by atoms with van der Waals surface area (Å²) in [5.74, 6) is -2.43. The van der Waals surface area contributed by atoms with Crippen LogP contribution in [0.15, 0.2) is 11.1 Å². The molecule has 1 heterocycles. The van der Waals surface area contributed by atoms with E-state index in [0.717, 1.165) is 23.5 Å². The molecule has 0 fully saturated rings. The molecule has 0 unspecified atom stereocenters. The van der Waals surface area contributed by atoms with E-state index in [-0.39, 0.29) is 31.0 Å². The van der Waals surface area contributed by atoms with Gasteiger partial charge in [-0.3, -0.25) is 24.2 Å². The zero-order chi connectivity index (χ0) is 30.0. The summed E-state index contributed by atoms with van der Waals surface area (Å²) < 4.78 is 0. The first kappa shape index (κ1) is 32.8. The van der Waals surface area contributed by atoms with E-state index in [0.29, 0.717) is 29.8 Å². The van der Waals surface area contributed by atoms with Crippen LogP contribution >= 0.6 is 11.8 Å². The zero-order valence-electron chi connectivity index (χ0n) is 23.0. The number of hydrogen-bond donors (Lipinski definition) is 8. The highest BCUT2D eigenvalue weighted by Crippen LogP contribution is 2.38. The van der Waals surface area contributed by atoms with Crippen molar-refractivity contribution in [2.75, 3.05) is 32.0 Å². The summed E-state index contributed by atoms with van der Waals surface area (Å²) in [6.07, 6.45) is 0.102. The van der Waals surface area contributed by atoms with Gasteiger partial charge in [-0.2, -0.15) is 11.8 Å². The summed E-state index contributed by atoms with van der Waals surface area (Å²) in [7, 11) is 0. The maximum Gasteiger partial charge on any atom is 0.322 e. The number of carbonyl (C=O) groups excluding carboxylic acids is 2. The van der Waals surface area contributed by atoms with Gasteiger partial charge >= 0.3 is 11.9 Å². The van der Waals surface area contributed by atoms with Crippen molar-refractivity contribution in [3.8, 4) is 5.75 Å². The number of nitrogens with two attached hydrogens (primary N) is 1. The number of nitrogens with one attached hydrogen (secondary N) is 3. The number of nitrogens with zero attached hydrogens (tertiary/aromatic N) is 1. The number of aliphatic imine (C=N–C) groups is 1. The molecule has 0 bridgehead atoms. The number of carbonyl (C=O) groups is 4. The number of thioether (sulfide) groups is 1. The van der Waals surface area contributed by atoms with Crippen LogP contribution in [0.4, 0.5) is 0 Å². The molecule has 0 saturated carbocycles. The van der Waals surface area contributed by atoms with Gasteiger partial charge in [0, 0.05) is 41.9 Å². The largest absolute Gasteiger partial charge is 0.507 e. The molecular weight excluding hydrogens is 542 g/mol. The average Bonchev–Trinajstić information content (AvgIpc) is 3.42. The van der Waals surface area contributed by atoms with E-state index in [2.05, 4.69) is 20.9 Å². The summed E-state index contributed by atoms with van der Waals surface area (Å²) in [6, 6.07) is -0.484. The maximum atomic E-state index is 12.7. The number of aliphatic carboxylic acids is 2. The molecule has 0 saturated heterocycles. The number of amidine groups is 1. The van der Waals surface area contributed by atoms with Crippen LogP contribution in [0.25, 0.3) is 0 Å². The van der Waals surface area contributed by atoms with Crippen molar-refractivity contribution >= 4 is 41.4 Å². The fourth-order valence-electron chi connectivity index (χ4n) is 4.06. The molecule has 1 aromatic rings. The van der Waals surface area contributed by atoms with Crippen LogP contribution < -0.4 is 21.7 Å². The summed E-state index contributed by atoms with van der Waals surface area (Å²) in [5.41, 5.74) is 7.68. The number of carboxylic acids is 2. The second-order valence-corrected chi connectivity index (χ2v) is 11.3. The van der Waals surface area contributed by atoms with Crippen molar-refractivity contribution in [1.29, 1.82) is 0 Å². The van der Waals surface area contributed by atoms with Gasteiger partial charge in [0.25, 0.3) is 0 Å². The molecule has 1 aliphatic heterocycles. The molecule has 9 N–H and O–H groups in total. The number of benzene rings is 1. The molecule has 2 rings (SSSR count). The first-order valence-corrected chi connectivity index (χ1v) is 14.0. The van der Waals surface area contributed by atoms with Crippen molar-refractivity contribution in [1.82, 2.24) is 16.0 Å². The SMILES string of the molecule is Cc1c(O)c(C(C)(C)CO)cc(CSC[C@H](NC(=O)CC[C@H](N)C(=O)O)C(=O)NCC(=O)O)c1CC1=NCCN1. The van der Waals surface area contributed by atoms with Gasteiger partial charge in [-0.25, -0.2) is 0 Å². The molecule has 1 aromatic carbocycles. The smallest absolute Gasteiger partial charge is 0.322 e. The third-order valence-electron chi connectivity index (χ3n) is 6.59. The molecule has 0 aliphatic carbocycles. The lowest BCUT2D eigenvalue weighted by molar-refractivity contribution is -0.139. The number of hydrogen-bond acceptors (Lipinski definition) is 10. The standard InChI is InChI=1S/C26H39N5O8S/c1-14-16(9-20-28-6-7-29-20)15(8-17(23(14)36)26(2,3)13-32)11-40-12-19(24(37)30-10-22(34)35)31-21(33)5-4-18(27)25(38)39/h8,18-19,32,36H,4-7,9-13,27H2,1-3H3,(H,28,29)(H,30,37)(H,31,33)(H,34,35)(H,38,39)/t18-,19-/m0/s1. The Labute approximate surface area is 237 Å². The molecule has 14 heteroatoms. The minimum absolute atomic E-state index is 0.0828. The number of phenolic OH excluding ortho intramolecular Hbond substituents is 1. The molecule has 13 nitrogen and oxygen atoms in total. The van der Waals surface area contributed by atoms with E-state index >= 15 is 0 Å². The van der Waals surface area contributed by atoms with E-state index in [1.807, 2.05) is 19.9 Å². The third-order valence-corrected chi connectivity index (χ3v) is 7.67. The van der Waals surface area contributed by atoms with Crippen molar-refractivity contribution in [3.63, 3.8) is 0 Å². The minimum Gasteiger partial charge on any atom is -0.507 e. The van der Waals surface area contributed by atoms with Gasteiger partial charge in [0.15, 0.2) is 0 Å². The number of phenols is 1. The lowest BCUT2D eigenvalue weighted by Crippen LogP contribution is -2.49. The molecule has 2 atom stereocenters. The topological polar surface area (TPSA) is 224 Å². The maximum absolute atomic E-state index is 12.7. The van der Waals surface area contributed by atoms with Crippen molar-refractivity contribution in [2.45, 2.75) is 63.3 Å². The molecule has 2 amide bonds. The molecule has 0 spiro atoms. The Morgan fingerprint density at radius 2 is 1.95 bits per heavy atom. The molecular formula is C26H39N5O8S. The van der Waals surface area contributed by atoms with Gasteiger partial charge in [0.1, 0.15) is 30.2 Å². The quantitative estimate of drug-likeness (QED) is 0.126. The van der Waals surface area contributed by atoms with Crippen molar-refractivity contribution in [3.05, 3.63) is 28.3 Å². The first-order chi connectivity index (χ1) is 18.8. The Bertz CT molecular complexity index is 1140. The lowest BCUT2D eigenvalue weighted by atomic mass is 9.81. The fourth-order valence-corrected chi connectivity index (χ4v) is 5.12. The van der Waals surface area contributed by atoms with Crippen LogP contribution in [0.1, 0.15) is 48.9 Å². The third kappa shape index (κ3) is 9.38. The number of carboxylic acid groups (broad SMARTS) is 2. The Morgan fingerprint density at radius 1 is 1.25 bits per heavy atom. The minimum atomic E-state index is -1.25. The Kier molecular flexibility index (Phi) is 12.2. The molecule has 0 aromatic heterocycles. The molecule has 1 aliphatic rings. The highest BCUT2D eigenvalue weighted by molar-refractivity contribution is 7.98. The van der Waals surface area contributed by atoms with Crippen LogP contribution in [0.2, 0.25) is 0 Å². The number of aliphatic hydroxyl groups excluding tert-OH is 1. The number of amides is 2. The first-order valence-electron chi connectivity index (χ1n) is 12.8. The van der Waals surface area contributed by atoms with E-state index in [1.54, 1.807) is 6.92 Å². The highest BCUT2D eigenvalue weighted by atomic mass is 32.2. The van der Waals surface area contributed by atoms with Crippen LogP contribution in [-0.2, 0) is 36.8 Å². The lowest BCUT2D eigenvalue weighted by Gasteiger charge is -2.27. The second kappa shape index (κ2) is 14.9. The van der Waals surface area contributed by atoms with Gasteiger partial charge in [-0.05, 0) is 30.0 Å². The Balaban J connectivity index is 2.26. The number of aliphatic hydroxyl groups is 1. The van der Waals surface area contributed by atoms with E-state index in [4.69, 9.17) is 15.9 Å². The Morgan fingerprint density at radius 3 is 2.52 bits per heavy atom. The molecule has 0 radical (unpaired) electrons. The Hall–Kier alpha value is -3.36. The van der Waals surface area contributed by atoms with Crippen LogP contribution in [-0.4, -0.2) is 94.1 Å². The van der Waals surface area contributed by atoms with Gasteiger partial charge in [0.2, 0.25) is 11.8 Å². The van der Waals surface area contributed by atoms with Gasteiger partial charge in [-0.15, -0.1) is 0 Å². The zero-order valence-corrected chi connectivity index (χ0v) is 23.8. The van der Waals surface area contributed by atoms with Crippen molar-refractivity contribution in [2.24, 2.45) is 10.7 Å². The van der Waals surface area contributed by atoms with Gasteiger partial charge < -0.3 is 42.1 Å². The summed E-state index contributed by atoms with van der Waals surface area (Å²) in [5, 5.41) is 46.8. The predicted molar refractivity (Wildman–Crippen MR) is 151 cm³/mol. The highest BCUT2D eigenvalue weighted by Gasteiger charge is 2.28. The van der Waals surface area contributed by atoms with E-state index in [9.17, 15) is 29.4 Å². The van der Waals surface area contributed by atoms with Gasteiger partial charge in [-0.1, -0.05) is 19.9 Å².